The van der Waals surface area contributed by atoms with E-state index in [2.05, 4.69) is 11.9 Å². The van der Waals surface area contributed by atoms with E-state index < -0.39 is 0 Å². The lowest BCUT2D eigenvalue weighted by Gasteiger charge is -2.01. The van der Waals surface area contributed by atoms with Crippen LogP contribution in [0.4, 0.5) is 5.95 Å². The SMILES string of the molecule is CC1CC1Cn1ccnc1N. The van der Waals surface area contributed by atoms with Crippen molar-refractivity contribution in [2.24, 2.45) is 11.8 Å². The summed E-state index contributed by atoms with van der Waals surface area (Å²) in [4.78, 5) is 3.96. The molecule has 1 fully saturated rings. The van der Waals surface area contributed by atoms with E-state index >= 15 is 0 Å². The maximum Gasteiger partial charge on any atom is 0.200 e. The number of aromatic nitrogens is 2. The third-order valence-corrected chi connectivity index (χ3v) is 2.46. The molecule has 60 valence electrons. The molecule has 2 rings (SSSR count). The Kier molecular flexibility index (Phi) is 1.37. The second kappa shape index (κ2) is 2.26. The molecule has 2 unspecified atom stereocenters. The van der Waals surface area contributed by atoms with Crippen molar-refractivity contribution in [3.8, 4) is 0 Å². The van der Waals surface area contributed by atoms with Gasteiger partial charge in [-0.15, -0.1) is 0 Å². The van der Waals surface area contributed by atoms with Crippen LogP contribution in [-0.2, 0) is 6.54 Å². The third kappa shape index (κ3) is 1.23. The molecule has 1 saturated carbocycles. The fourth-order valence-electron chi connectivity index (χ4n) is 1.40. The Hall–Kier alpha value is -0.990. The fraction of sp³-hybridized carbons (Fsp3) is 0.625. The molecule has 0 amide bonds. The lowest BCUT2D eigenvalue weighted by atomic mass is 10.3. The number of hydrogen-bond acceptors (Lipinski definition) is 2. The van der Waals surface area contributed by atoms with Gasteiger partial charge < -0.3 is 10.3 Å². The number of nitrogens with two attached hydrogens (primary N) is 1. The van der Waals surface area contributed by atoms with Gasteiger partial charge in [0.2, 0.25) is 0 Å². The van der Waals surface area contributed by atoms with Crippen LogP contribution in [0.25, 0.3) is 0 Å². The third-order valence-electron chi connectivity index (χ3n) is 2.46. The zero-order valence-electron chi connectivity index (χ0n) is 6.70. The second-order valence-electron chi connectivity index (χ2n) is 3.41. The van der Waals surface area contributed by atoms with E-state index in [4.69, 9.17) is 5.73 Å². The first-order valence-electron chi connectivity index (χ1n) is 4.04. The fourth-order valence-corrected chi connectivity index (χ4v) is 1.40. The summed E-state index contributed by atoms with van der Waals surface area (Å²) in [5.74, 6) is 2.37. The van der Waals surface area contributed by atoms with Crippen LogP contribution >= 0.6 is 0 Å². The van der Waals surface area contributed by atoms with Crippen LogP contribution in [0.5, 0.6) is 0 Å². The lowest BCUT2D eigenvalue weighted by Crippen LogP contribution is -2.04. The standard InChI is InChI=1S/C8H13N3/c1-6-4-7(6)5-11-3-2-10-8(11)9/h2-3,6-7H,4-5H2,1H3,(H2,9,10). The molecule has 0 spiro atoms. The summed E-state index contributed by atoms with van der Waals surface area (Å²) in [7, 11) is 0. The molecule has 0 aromatic carbocycles. The Bertz CT molecular complexity index is 254. The van der Waals surface area contributed by atoms with Crippen molar-refractivity contribution in [2.75, 3.05) is 5.73 Å². The first kappa shape index (κ1) is 6.70. The predicted octanol–water partition coefficient (Wildman–Crippen LogP) is 1.12. The van der Waals surface area contributed by atoms with E-state index in [9.17, 15) is 0 Å². The lowest BCUT2D eigenvalue weighted by molar-refractivity contribution is 0.600. The van der Waals surface area contributed by atoms with Crippen LogP contribution in [-0.4, -0.2) is 9.55 Å². The number of rotatable bonds is 2. The van der Waals surface area contributed by atoms with Gasteiger partial charge in [0.15, 0.2) is 5.95 Å². The van der Waals surface area contributed by atoms with Gasteiger partial charge in [-0.05, 0) is 18.3 Å². The average Bonchev–Trinajstić information content (AvgIpc) is 2.48. The van der Waals surface area contributed by atoms with E-state index in [1.165, 1.54) is 6.42 Å². The monoisotopic (exact) mass is 151 g/mol. The highest BCUT2D eigenvalue weighted by Gasteiger charge is 2.32. The van der Waals surface area contributed by atoms with Crippen molar-refractivity contribution in [2.45, 2.75) is 19.9 Å². The van der Waals surface area contributed by atoms with Crippen molar-refractivity contribution in [3.05, 3.63) is 12.4 Å². The molecule has 3 heteroatoms. The van der Waals surface area contributed by atoms with Crippen LogP contribution in [0.15, 0.2) is 12.4 Å². The van der Waals surface area contributed by atoms with Gasteiger partial charge in [-0.3, -0.25) is 0 Å². The molecule has 1 aromatic heterocycles. The molecular weight excluding hydrogens is 138 g/mol. The van der Waals surface area contributed by atoms with Crippen molar-refractivity contribution >= 4 is 5.95 Å². The normalized spacial score (nSPS) is 28.8. The zero-order chi connectivity index (χ0) is 7.84. The molecule has 0 radical (unpaired) electrons. The van der Waals surface area contributed by atoms with E-state index in [1.807, 2.05) is 10.8 Å². The van der Waals surface area contributed by atoms with Gasteiger partial charge >= 0.3 is 0 Å². The van der Waals surface area contributed by atoms with Crippen LogP contribution in [0.3, 0.4) is 0 Å². The van der Waals surface area contributed by atoms with Crippen LogP contribution in [0, 0.1) is 11.8 Å². The Labute approximate surface area is 66.2 Å². The van der Waals surface area contributed by atoms with Gasteiger partial charge in [-0.2, -0.15) is 0 Å². The minimum absolute atomic E-state index is 0.643. The van der Waals surface area contributed by atoms with Gasteiger partial charge in [0, 0.05) is 18.9 Å². The van der Waals surface area contributed by atoms with Gasteiger partial charge in [0.1, 0.15) is 0 Å². The maximum absolute atomic E-state index is 5.61. The molecule has 1 aliphatic carbocycles. The Morgan fingerprint density at radius 1 is 1.82 bits per heavy atom. The van der Waals surface area contributed by atoms with Crippen molar-refractivity contribution in [1.82, 2.24) is 9.55 Å². The highest BCUT2D eigenvalue weighted by Crippen LogP contribution is 2.39. The summed E-state index contributed by atoms with van der Waals surface area (Å²) in [6.07, 6.45) is 5.04. The molecule has 2 N–H and O–H groups in total. The molecule has 2 atom stereocenters. The van der Waals surface area contributed by atoms with Gasteiger partial charge in [0.25, 0.3) is 0 Å². The van der Waals surface area contributed by atoms with Crippen molar-refractivity contribution in [1.29, 1.82) is 0 Å². The average molecular weight is 151 g/mol. The molecule has 1 aliphatic rings. The van der Waals surface area contributed by atoms with Gasteiger partial charge in [-0.1, -0.05) is 6.92 Å². The number of hydrogen-bond donors (Lipinski definition) is 1. The van der Waals surface area contributed by atoms with Crippen LogP contribution < -0.4 is 5.73 Å². The number of anilines is 1. The van der Waals surface area contributed by atoms with Gasteiger partial charge in [-0.25, -0.2) is 4.98 Å². The van der Waals surface area contributed by atoms with Crippen LogP contribution in [0.2, 0.25) is 0 Å². The van der Waals surface area contributed by atoms with Crippen molar-refractivity contribution < 1.29 is 0 Å². The minimum Gasteiger partial charge on any atom is -0.369 e. The molecule has 1 aromatic rings. The topological polar surface area (TPSA) is 43.8 Å². The molecule has 0 aliphatic heterocycles. The summed E-state index contributed by atoms with van der Waals surface area (Å²) in [6, 6.07) is 0. The highest BCUT2D eigenvalue weighted by molar-refractivity contribution is 5.16. The summed E-state index contributed by atoms with van der Waals surface area (Å²) in [6.45, 7) is 3.32. The largest absolute Gasteiger partial charge is 0.369 e. The highest BCUT2D eigenvalue weighted by atomic mass is 15.1. The molecular formula is C8H13N3. The number of nitrogen functional groups attached to an aromatic ring is 1. The smallest absolute Gasteiger partial charge is 0.200 e. The minimum atomic E-state index is 0.643. The number of imidazole rings is 1. The first-order valence-corrected chi connectivity index (χ1v) is 4.04. The first-order chi connectivity index (χ1) is 5.27. The van der Waals surface area contributed by atoms with E-state index in [0.717, 1.165) is 18.4 Å². The molecule has 0 saturated heterocycles. The van der Waals surface area contributed by atoms with Crippen LogP contribution in [0.1, 0.15) is 13.3 Å². The quantitative estimate of drug-likeness (QED) is 0.688. The van der Waals surface area contributed by atoms with E-state index in [0.29, 0.717) is 5.95 Å². The Morgan fingerprint density at radius 2 is 2.55 bits per heavy atom. The molecule has 0 bridgehead atoms. The summed E-state index contributed by atoms with van der Waals surface area (Å²) in [5, 5.41) is 0. The second-order valence-corrected chi connectivity index (χ2v) is 3.41. The molecule has 1 heterocycles. The maximum atomic E-state index is 5.61. The summed E-state index contributed by atoms with van der Waals surface area (Å²) < 4.78 is 2.02. The summed E-state index contributed by atoms with van der Waals surface area (Å²) >= 11 is 0. The predicted molar refractivity (Wildman–Crippen MR) is 43.9 cm³/mol. The Morgan fingerprint density at radius 3 is 3.00 bits per heavy atom. The van der Waals surface area contributed by atoms with Crippen molar-refractivity contribution in [3.63, 3.8) is 0 Å². The number of nitrogens with zero attached hydrogens (tertiary/aromatic N) is 2. The Balaban J connectivity index is 2.01. The summed E-state index contributed by atoms with van der Waals surface area (Å²) in [5.41, 5.74) is 5.61. The zero-order valence-corrected chi connectivity index (χ0v) is 6.70. The molecule has 3 nitrogen and oxygen atoms in total. The van der Waals surface area contributed by atoms with E-state index in [1.54, 1.807) is 6.20 Å². The molecule has 11 heavy (non-hydrogen) atoms. The van der Waals surface area contributed by atoms with E-state index in [-0.39, 0.29) is 0 Å². The van der Waals surface area contributed by atoms with Gasteiger partial charge in [0.05, 0.1) is 0 Å².